The Hall–Kier alpha value is -2.92. The number of nitrogens with zero attached hydrogens (tertiary/aromatic N) is 4. The summed E-state index contributed by atoms with van der Waals surface area (Å²) in [5.74, 6) is 0.365. The van der Waals surface area contributed by atoms with Gasteiger partial charge in [0.15, 0.2) is 0 Å². The Morgan fingerprint density at radius 1 is 1.04 bits per heavy atom. The monoisotopic (exact) mass is 374 g/mol. The van der Waals surface area contributed by atoms with Crippen LogP contribution in [0.4, 0.5) is 0 Å². The molecule has 0 saturated carbocycles. The van der Waals surface area contributed by atoms with Crippen LogP contribution in [-0.2, 0) is 0 Å². The molecule has 144 valence electrons. The third-order valence-corrected chi connectivity index (χ3v) is 5.63. The molecule has 28 heavy (non-hydrogen) atoms. The van der Waals surface area contributed by atoms with E-state index in [0.29, 0.717) is 17.5 Å². The zero-order chi connectivity index (χ0) is 19.7. The second kappa shape index (κ2) is 7.60. The molecule has 1 fully saturated rings. The number of carbonyl (C=O) groups excluding carboxylic acids is 1. The van der Waals surface area contributed by atoms with Crippen molar-refractivity contribution in [2.24, 2.45) is 0 Å². The van der Waals surface area contributed by atoms with Crippen molar-refractivity contribution in [3.8, 4) is 5.69 Å². The molecule has 0 radical (unpaired) electrons. The lowest BCUT2D eigenvalue weighted by Crippen LogP contribution is -2.36. The number of aromatic nitrogens is 2. The van der Waals surface area contributed by atoms with Gasteiger partial charge in [-0.3, -0.25) is 4.79 Å². The maximum atomic E-state index is 13.4. The van der Waals surface area contributed by atoms with E-state index >= 15 is 0 Å². The molecule has 5 nitrogen and oxygen atoms in total. The van der Waals surface area contributed by atoms with Crippen LogP contribution < -0.4 is 0 Å². The van der Waals surface area contributed by atoms with Gasteiger partial charge in [-0.1, -0.05) is 42.0 Å². The Morgan fingerprint density at radius 3 is 2.46 bits per heavy atom. The molecule has 1 aliphatic rings. The first-order valence-corrected chi connectivity index (χ1v) is 9.66. The lowest BCUT2D eigenvalue weighted by molar-refractivity contribution is 0.0782. The van der Waals surface area contributed by atoms with Gasteiger partial charge in [-0.2, -0.15) is 5.10 Å². The zero-order valence-electron chi connectivity index (χ0n) is 16.6. The van der Waals surface area contributed by atoms with Gasteiger partial charge in [0.05, 0.1) is 11.3 Å². The molecule has 4 rings (SSSR count). The van der Waals surface area contributed by atoms with Gasteiger partial charge in [0.2, 0.25) is 0 Å². The van der Waals surface area contributed by atoms with Crippen molar-refractivity contribution >= 4 is 5.91 Å². The number of rotatable bonds is 4. The molecule has 2 aromatic carbocycles. The number of carbonyl (C=O) groups is 1. The molecule has 3 aromatic rings. The van der Waals surface area contributed by atoms with Crippen molar-refractivity contribution in [3.63, 3.8) is 0 Å². The fraction of sp³-hybridized carbons (Fsp3) is 0.304. The summed E-state index contributed by atoms with van der Waals surface area (Å²) in [5.41, 5.74) is 4.05. The fourth-order valence-electron chi connectivity index (χ4n) is 4.05. The molecule has 0 aliphatic carbocycles. The third kappa shape index (κ3) is 3.45. The van der Waals surface area contributed by atoms with E-state index < -0.39 is 0 Å². The molecule has 1 aromatic heterocycles. The molecular formula is C23H26N4O. The van der Waals surface area contributed by atoms with Crippen LogP contribution in [0.25, 0.3) is 5.69 Å². The van der Waals surface area contributed by atoms with Crippen molar-refractivity contribution in [3.05, 3.63) is 83.7 Å². The van der Waals surface area contributed by atoms with E-state index in [1.807, 2.05) is 41.4 Å². The molecule has 2 heterocycles. The number of benzene rings is 2. The maximum absolute atomic E-state index is 13.4. The standard InChI is InChI=1S/C23H26N4O/c1-17-9-11-18(12-10-17)20-15-26(16-22(20)25(2)3)23(28)19-7-4-5-8-21(19)27-14-6-13-24-27/h4-14,20,22H,15-16H2,1-3H3. The zero-order valence-corrected chi connectivity index (χ0v) is 16.6. The minimum absolute atomic E-state index is 0.0626. The highest BCUT2D eigenvalue weighted by molar-refractivity contribution is 5.98. The molecular weight excluding hydrogens is 348 g/mol. The summed E-state index contributed by atoms with van der Waals surface area (Å²) >= 11 is 0. The van der Waals surface area contributed by atoms with Gasteiger partial charge in [-0.25, -0.2) is 4.68 Å². The van der Waals surface area contributed by atoms with Crippen LogP contribution in [0.3, 0.4) is 0 Å². The predicted molar refractivity (Wildman–Crippen MR) is 111 cm³/mol. The number of amides is 1. The van der Waals surface area contributed by atoms with Gasteiger partial charge in [-0.05, 0) is 44.8 Å². The van der Waals surface area contributed by atoms with E-state index in [1.165, 1.54) is 11.1 Å². The van der Waals surface area contributed by atoms with E-state index in [-0.39, 0.29) is 5.91 Å². The van der Waals surface area contributed by atoms with E-state index in [9.17, 15) is 4.79 Å². The first-order chi connectivity index (χ1) is 13.5. The third-order valence-electron chi connectivity index (χ3n) is 5.63. The molecule has 1 amide bonds. The van der Waals surface area contributed by atoms with Crippen LogP contribution >= 0.6 is 0 Å². The summed E-state index contributed by atoms with van der Waals surface area (Å²) in [6.07, 6.45) is 3.60. The Labute approximate surface area is 166 Å². The minimum atomic E-state index is 0.0626. The highest BCUT2D eigenvalue weighted by atomic mass is 16.2. The predicted octanol–water partition coefficient (Wildman–Crippen LogP) is 3.35. The molecule has 0 N–H and O–H groups in total. The molecule has 2 atom stereocenters. The van der Waals surface area contributed by atoms with Gasteiger partial charge >= 0.3 is 0 Å². The average molecular weight is 374 g/mol. The number of hydrogen-bond donors (Lipinski definition) is 0. The maximum Gasteiger partial charge on any atom is 0.256 e. The topological polar surface area (TPSA) is 41.4 Å². The molecule has 0 spiro atoms. The highest BCUT2D eigenvalue weighted by Gasteiger charge is 2.38. The van der Waals surface area contributed by atoms with Crippen LogP contribution in [0.5, 0.6) is 0 Å². The SMILES string of the molecule is Cc1ccc(C2CN(C(=O)c3ccccc3-n3cccn3)CC2N(C)C)cc1. The van der Waals surface area contributed by atoms with Crippen molar-refractivity contribution in [1.82, 2.24) is 19.6 Å². The van der Waals surface area contributed by atoms with Crippen LogP contribution in [0.2, 0.25) is 0 Å². The quantitative estimate of drug-likeness (QED) is 0.703. The summed E-state index contributed by atoms with van der Waals surface area (Å²) in [6, 6.07) is 18.5. The summed E-state index contributed by atoms with van der Waals surface area (Å²) in [5, 5.41) is 4.31. The molecule has 0 bridgehead atoms. The Kier molecular flexibility index (Phi) is 5.01. The summed E-state index contributed by atoms with van der Waals surface area (Å²) in [4.78, 5) is 17.6. The first kappa shape index (κ1) is 18.4. The minimum Gasteiger partial charge on any atom is -0.336 e. The lowest BCUT2D eigenvalue weighted by atomic mass is 9.93. The van der Waals surface area contributed by atoms with Crippen LogP contribution in [0.1, 0.15) is 27.4 Å². The van der Waals surface area contributed by atoms with Crippen molar-refractivity contribution in [2.45, 2.75) is 18.9 Å². The van der Waals surface area contributed by atoms with Gasteiger partial charge < -0.3 is 9.80 Å². The summed E-state index contributed by atoms with van der Waals surface area (Å²) in [7, 11) is 4.19. The molecule has 2 unspecified atom stereocenters. The number of likely N-dealkylation sites (N-methyl/N-ethyl adjacent to an activating group) is 1. The normalized spacial score (nSPS) is 19.4. The Morgan fingerprint density at radius 2 is 1.79 bits per heavy atom. The second-order valence-electron chi connectivity index (χ2n) is 7.73. The van der Waals surface area contributed by atoms with E-state index in [4.69, 9.17) is 0 Å². The summed E-state index contributed by atoms with van der Waals surface area (Å²) in [6.45, 7) is 3.54. The average Bonchev–Trinajstić information content (AvgIpc) is 3.38. The first-order valence-electron chi connectivity index (χ1n) is 9.66. The Balaban J connectivity index is 1.64. The van der Waals surface area contributed by atoms with Crippen LogP contribution in [0.15, 0.2) is 67.0 Å². The van der Waals surface area contributed by atoms with Crippen LogP contribution in [-0.4, -0.2) is 58.7 Å². The van der Waals surface area contributed by atoms with Crippen molar-refractivity contribution < 1.29 is 4.79 Å². The second-order valence-corrected chi connectivity index (χ2v) is 7.73. The van der Waals surface area contributed by atoms with E-state index in [1.54, 1.807) is 10.9 Å². The summed E-state index contributed by atoms with van der Waals surface area (Å²) < 4.78 is 1.75. The van der Waals surface area contributed by atoms with Crippen molar-refractivity contribution in [2.75, 3.05) is 27.2 Å². The number of likely N-dealkylation sites (tertiary alicyclic amines) is 1. The van der Waals surface area contributed by atoms with Gasteiger partial charge in [0.25, 0.3) is 5.91 Å². The van der Waals surface area contributed by atoms with Gasteiger partial charge in [0, 0.05) is 37.4 Å². The smallest absolute Gasteiger partial charge is 0.256 e. The lowest BCUT2D eigenvalue weighted by Gasteiger charge is -2.25. The van der Waals surface area contributed by atoms with E-state index in [0.717, 1.165) is 18.8 Å². The largest absolute Gasteiger partial charge is 0.336 e. The van der Waals surface area contributed by atoms with Crippen LogP contribution in [0, 0.1) is 6.92 Å². The van der Waals surface area contributed by atoms with Gasteiger partial charge in [-0.15, -0.1) is 0 Å². The number of aryl methyl sites for hydroxylation is 1. The number of hydrogen-bond acceptors (Lipinski definition) is 3. The van der Waals surface area contributed by atoms with Crippen molar-refractivity contribution in [1.29, 1.82) is 0 Å². The number of para-hydroxylation sites is 1. The fourth-order valence-corrected chi connectivity index (χ4v) is 4.05. The van der Waals surface area contributed by atoms with E-state index in [2.05, 4.69) is 55.3 Å². The van der Waals surface area contributed by atoms with Gasteiger partial charge in [0.1, 0.15) is 0 Å². The highest BCUT2D eigenvalue weighted by Crippen LogP contribution is 2.32. The molecule has 1 aliphatic heterocycles. The molecule has 5 heteroatoms. The Bertz CT molecular complexity index is 947. The molecule has 1 saturated heterocycles.